The van der Waals surface area contributed by atoms with E-state index in [-0.39, 0.29) is 5.56 Å². The quantitative estimate of drug-likeness (QED) is 0.943. The van der Waals surface area contributed by atoms with Crippen molar-refractivity contribution in [2.24, 2.45) is 0 Å². The van der Waals surface area contributed by atoms with E-state index in [9.17, 15) is 4.79 Å². The number of rotatable bonds is 3. The third-order valence-electron chi connectivity index (χ3n) is 3.96. The molecule has 0 amide bonds. The van der Waals surface area contributed by atoms with Crippen LogP contribution >= 0.6 is 0 Å². The number of hydrogen-bond donors (Lipinski definition) is 1. The molecular formula is C17H19N3O2. The molecule has 22 heavy (non-hydrogen) atoms. The van der Waals surface area contributed by atoms with Gasteiger partial charge in [-0.25, -0.2) is 9.78 Å². The van der Waals surface area contributed by atoms with Crippen molar-refractivity contribution in [1.29, 1.82) is 0 Å². The van der Waals surface area contributed by atoms with Gasteiger partial charge in [-0.2, -0.15) is 0 Å². The second-order valence-electron chi connectivity index (χ2n) is 5.52. The van der Waals surface area contributed by atoms with Gasteiger partial charge in [0.05, 0.1) is 5.56 Å². The lowest BCUT2D eigenvalue weighted by molar-refractivity contribution is 0.0697. The maximum absolute atomic E-state index is 11.1. The van der Waals surface area contributed by atoms with Gasteiger partial charge in [0, 0.05) is 38.1 Å². The summed E-state index contributed by atoms with van der Waals surface area (Å²) in [5, 5.41) is 9.07. The minimum absolute atomic E-state index is 0.283. The zero-order valence-corrected chi connectivity index (χ0v) is 12.6. The minimum atomic E-state index is -0.915. The Balaban J connectivity index is 1.69. The average molecular weight is 297 g/mol. The number of aromatic carboxylic acids is 1. The predicted octanol–water partition coefficient (Wildman–Crippen LogP) is 2.41. The highest BCUT2D eigenvalue weighted by atomic mass is 16.4. The van der Waals surface area contributed by atoms with E-state index in [1.54, 1.807) is 12.3 Å². The highest BCUT2D eigenvalue weighted by Gasteiger charge is 2.19. The summed E-state index contributed by atoms with van der Waals surface area (Å²) in [7, 11) is 0. The van der Waals surface area contributed by atoms with Gasteiger partial charge >= 0.3 is 5.97 Å². The average Bonchev–Trinajstić information content (AvgIpc) is 2.55. The third kappa shape index (κ3) is 3.03. The van der Waals surface area contributed by atoms with Gasteiger partial charge in [-0.15, -0.1) is 0 Å². The Morgan fingerprint density at radius 3 is 2.50 bits per heavy atom. The lowest BCUT2D eigenvalue weighted by atomic mass is 10.2. The molecule has 2 heterocycles. The van der Waals surface area contributed by atoms with Crippen molar-refractivity contribution in [3.8, 4) is 0 Å². The van der Waals surface area contributed by atoms with Gasteiger partial charge in [-0.05, 0) is 36.8 Å². The Bertz CT molecular complexity index is 679. The number of benzene rings is 1. The van der Waals surface area contributed by atoms with Crippen LogP contribution < -0.4 is 9.80 Å². The molecule has 1 aliphatic rings. The van der Waals surface area contributed by atoms with Crippen molar-refractivity contribution in [1.82, 2.24) is 4.98 Å². The molecule has 0 radical (unpaired) electrons. The van der Waals surface area contributed by atoms with E-state index >= 15 is 0 Å². The van der Waals surface area contributed by atoms with E-state index in [0.717, 1.165) is 32.0 Å². The Hall–Kier alpha value is -2.56. The number of aromatic nitrogens is 1. The first kappa shape index (κ1) is 14.4. The molecule has 114 valence electrons. The molecule has 0 aliphatic carbocycles. The molecular weight excluding hydrogens is 278 g/mol. The van der Waals surface area contributed by atoms with Crippen LogP contribution in [0.3, 0.4) is 0 Å². The van der Waals surface area contributed by atoms with Gasteiger partial charge in [0.25, 0.3) is 0 Å². The number of pyridine rings is 1. The molecule has 1 aliphatic heterocycles. The molecule has 0 unspecified atom stereocenters. The van der Waals surface area contributed by atoms with Crippen LogP contribution in [-0.2, 0) is 0 Å². The predicted molar refractivity (Wildman–Crippen MR) is 86.8 cm³/mol. The van der Waals surface area contributed by atoms with Gasteiger partial charge in [-0.1, -0.05) is 12.1 Å². The number of nitrogens with zero attached hydrogens (tertiary/aromatic N) is 3. The monoisotopic (exact) mass is 297 g/mol. The summed E-state index contributed by atoms with van der Waals surface area (Å²) in [6.45, 7) is 5.58. The number of anilines is 2. The molecule has 0 saturated carbocycles. The maximum Gasteiger partial charge on any atom is 0.335 e. The summed E-state index contributed by atoms with van der Waals surface area (Å²) in [6.07, 6.45) is 1.56. The fraction of sp³-hybridized carbons (Fsp3) is 0.294. The molecule has 1 aromatic heterocycles. The van der Waals surface area contributed by atoms with Crippen molar-refractivity contribution >= 4 is 17.5 Å². The van der Waals surface area contributed by atoms with E-state index in [1.165, 1.54) is 17.3 Å². The molecule has 5 heteroatoms. The highest BCUT2D eigenvalue weighted by molar-refractivity contribution is 5.88. The van der Waals surface area contributed by atoms with E-state index in [2.05, 4.69) is 46.0 Å². The summed E-state index contributed by atoms with van der Waals surface area (Å²) in [6, 6.07) is 11.7. The molecule has 2 aromatic rings. The molecule has 1 aromatic carbocycles. The SMILES string of the molecule is Cc1cccc(N2CCN(c3cc(C(=O)O)ccn3)CC2)c1. The number of piperazine rings is 1. The van der Waals surface area contributed by atoms with E-state index in [1.807, 2.05) is 0 Å². The lowest BCUT2D eigenvalue weighted by Crippen LogP contribution is -2.46. The summed E-state index contributed by atoms with van der Waals surface area (Å²) in [4.78, 5) is 19.8. The normalized spacial score (nSPS) is 15.0. The number of carboxylic acids is 1. The lowest BCUT2D eigenvalue weighted by Gasteiger charge is -2.36. The minimum Gasteiger partial charge on any atom is -0.478 e. The fourth-order valence-corrected chi connectivity index (χ4v) is 2.74. The van der Waals surface area contributed by atoms with Gasteiger partial charge < -0.3 is 14.9 Å². The summed E-state index contributed by atoms with van der Waals surface area (Å²) >= 11 is 0. The largest absolute Gasteiger partial charge is 0.478 e. The van der Waals surface area contributed by atoms with E-state index in [4.69, 9.17) is 5.11 Å². The first-order valence-electron chi connectivity index (χ1n) is 7.39. The van der Waals surface area contributed by atoms with Crippen LogP contribution in [0.4, 0.5) is 11.5 Å². The zero-order chi connectivity index (χ0) is 15.5. The first-order valence-corrected chi connectivity index (χ1v) is 7.39. The van der Waals surface area contributed by atoms with Gasteiger partial charge in [0.2, 0.25) is 0 Å². The number of carboxylic acid groups (broad SMARTS) is 1. The van der Waals surface area contributed by atoms with Crippen LogP contribution in [0.1, 0.15) is 15.9 Å². The van der Waals surface area contributed by atoms with Crippen LogP contribution in [0.15, 0.2) is 42.6 Å². The second-order valence-corrected chi connectivity index (χ2v) is 5.52. The van der Waals surface area contributed by atoms with Crippen molar-refractivity contribution in [2.75, 3.05) is 36.0 Å². The molecule has 1 fully saturated rings. The molecule has 1 N–H and O–H groups in total. The number of carbonyl (C=O) groups is 1. The van der Waals surface area contributed by atoms with Crippen molar-refractivity contribution in [2.45, 2.75) is 6.92 Å². The van der Waals surface area contributed by atoms with Crippen LogP contribution in [0.25, 0.3) is 0 Å². The Labute approximate surface area is 129 Å². The smallest absolute Gasteiger partial charge is 0.335 e. The standard InChI is InChI=1S/C17H19N3O2/c1-13-3-2-4-15(11-13)19-7-9-20(10-8-19)16-12-14(17(21)22)5-6-18-16/h2-6,11-12H,7-10H2,1H3,(H,21,22). The van der Waals surface area contributed by atoms with E-state index in [0.29, 0.717) is 0 Å². The molecule has 0 bridgehead atoms. The van der Waals surface area contributed by atoms with Crippen LogP contribution in [0, 0.1) is 6.92 Å². The second kappa shape index (κ2) is 6.05. The Morgan fingerprint density at radius 1 is 1.09 bits per heavy atom. The molecule has 3 rings (SSSR count). The fourth-order valence-electron chi connectivity index (χ4n) is 2.74. The van der Waals surface area contributed by atoms with Crippen LogP contribution in [0.2, 0.25) is 0 Å². The van der Waals surface area contributed by atoms with E-state index < -0.39 is 5.97 Å². The molecule has 5 nitrogen and oxygen atoms in total. The maximum atomic E-state index is 11.1. The van der Waals surface area contributed by atoms with Gasteiger partial charge in [-0.3, -0.25) is 0 Å². The highest BCUT2D eigenvalue weighted by Crippen LogP contribution is 2.20. The number of hydrogen-bond acceptors (Lipinski definition) is 4. The van der Waals surface area contributed by atoms with Crippen molar-refractivity contribution < 1.29 is 9.90 Å². The summed E-state index contributed by atoms with van der Waals surface area (Å²) in [5.74, 6) is -0.175. The Kier molecular flexibility index (Phi) is 3.96. The van der Waals surface area contributed by atoms with Crippen LogP contribution in [-0.4, -0.2) is 42.2 Å². The molecule has 0 atom stereocenters. The molecule has 1 saturated heterocycles. The Morgan fingerprint density at radius 2 is 1.82 bits per heavy atom. The van der Waals surface area contributed by atoms with Gasteiger partial charge in [0.15, 0.2) is 0 Å². The summed E-state index contributed by atoms with van der Waals surface area (Å²) in [5.41, 5.74) is 2.79. The zero-order valence-electron chi connectivity index (χ0n) is 12.6. The molecule has 0 spiro atoms. The van der Waals surface area contributed by atoms with Crippen molar-refractivity contribution in [3.63, 3.8) is 0 Å². The number of aryl methyl sites for hydroxylation is 1. The topological polar surface area (TPSA) is 56.7 Å². The van der Waals surface area contributed by atoms with Crippen molar-refractivity contribution in [3.05, 3.63) is 53.7 Å². The first-order chi connectivity index (χ1) is 10.6. The summed E-state index contributed by atoms with van der Waals surface area (Å²) < 4.78 is 0. The third-order valence-corrected chi connectivity index (χ3v) is 3.96. The van der Waals surface area contributed by atoms with Gasteiger partial charge in [0.1, 0.15) is 5.82 Å². The van der Waals surface area contributed by atoms with Crippen LogP contribution in [0.5, 0.6) is 0 Å².